The summed E-state index contributed by atoms with van der Waals surface area (Å²) in [5, 5.41) is 12.4. The Morgan fingerprint density at radius 1 is 1.07 bits per heavy atom. The third-order valence-electron chi connectivity index (χ3n) is 2.78. The standard InChI is InChI=1S/C14H16O/c1-10-8-12(14(2,3)15)9-11-6-4-5-7-13(10)11/h4-9,15H,1-3H3. The van der Waals surface area contributed by atoms with Crippen molar-refractivity contribution in [2.45, 2.75) is 26.4 Å². The Kier molecular flexibility index (Phi) is 2.28. The molecule has 0 fully saturated rings. The van der Waals surface area contributed by atoms with Gasteiger partial charge in [0.1, 0.15) is 0 Å². The van der Waals surface area contributed by atoms with E-state index in [2.05, 4.69) is 31.2 Å². The van der Waals surface area contributed by atoms with E-state index in [0.717, 1.165) is 5.56 Å². The first-order chi connectivity index (χ1) is 6.98. The molecule has 1 N–H and O–H groups in total. The molecule has 2 rings (SSSR count). The van der Waals surface area contributed by atoms with Gasteiger partial charge in [-0.25, -0.2) is 0 Å². The fourth-order valence-corrected chi connectivity index (χ4v) is 1.86. The lowest BCUT2D eigenvalue weighted by atomic mass is 9.93. The summed E-state index contributed by atoms with van der Waals surface area (Å²) >= 11 is 0. The van der Waals surface area contributed by atoms with Crippen LogP contribution in [-0.2, 0) is 5.60 Å². The van der Waals surface area contributed by atoms with Crippen molar-refractivity contribution < 1.29 is 5.11 Å². The van der Waals surface area contributed by atoms with Crippen LogP contribution in [0.1, 0.15) is 25.0 Å². The number of rotatable bonds is 1. The average molecular weight is 200 g/mol. The van der Waals surface area contributed by atoms with Crippen LogP contribution in [0.25, 0.3) is 10.8 Å². The van der Waals surface area contributed by atoms with Crippen molar-refractivity contribution in [3.8, 4) is 0 Å². The number of hydrogen-bond donors (Lipinski definition) is 1. The Labute approximate surface area is 90.4 Å². The Morgan fingerprint density at radius 2 is 1.73 bits per heavy atom. The third-order valence-corrected chi connectivity index (χ3v) is 2.78. The Balaban J connectivity index is 2.73. The van der Waals surface area contributed by atoms with Crippen LogP contribution in [0, 0.1) is 6.92 Å². The van der Waals surface area contributed by atoms with Gasteiger partial charge in [-0.05, 0) is 48.7 Å². The molecule has 0 spiro atoms. The summed E-state index contributed by atoms with van der Waals surface area (Å²) in [6.45, 7) is 5.71. The summed E-state index contributed by atoms with van der Waals surface area (Å²) in [6, 6.07) is 12.4. The van der Waals surface area contributed by atoms with Crippen molar-refractivity contribution in [1.29, 1.82) is 0 Å². The van der Waals surface area contributed by atoms with E-state index in [1.54, 1.807) is 0 Å². The lowest BCUT2D eigenvalue weighted by Gasteiger charge is -2.19. The molecule has 2 aromatic rings. The molecule has 0 unspecified atom stereocenters. The molecule has 0 aliphatic heterocycles. The van der Waals surface area contributed by atoms with Gasteiger partial charge < -0.3 is 5.11 Å². The average Bonchev–Trinajstić information content (AvgIpc) is 2.16. The van der Waals surface area contributed by atoms with Gasteiger partial charge in [0.15, 0.2) is 0 Å². The van der Waals surface area contributed by atoms with Crippen molar-refractivity contribution in [2.24, 2.45) is 0 Å². The van der Waals surface area contributed by atoms with Crippen LogP contribution in [-0.4, -0.2) is 5.11 Å². The van der Waals surface area contributed by atoms with Gasteiger partial charge in [0.2, 0.25) is 0 Å². The minimum atomic E-state index is -0.769. The van der Waals surface area contributed by atoms with Gasteiger partial charge in [0, 0.05) is 0 Å². The molecule has 0 aliphatic rings. The van der Waals surface area contributed by atoms with Gasteiger partial charge in [-0.3, -0.25) is 0 Å². The number of hydrogen-bond acceptors (Lipinski definition) is 1. The normalized spacial score (nSPS) is 12.0. The number of aryl methyl sites for hydroxylation is 1. The Hall–Kier alpha value is -1.34. The van der Waals surface area contributed by atoms with Crippen LogP contribution in [0.3, 0.4) is 0 Å². The van der Waals surface area contributed by atoms with E-state index in [1.165, 1.54) is 16.3 Å². The highest BCUT2D eigenvalue weighted by atomic mass is 16.3. The summed E-state index contributed by atoms with van der Waals surface area (Å²) in [5.74, 6) is 0. The van der Waals surface area contributed by atoms with Gasteiger partial charge >= 0.3 is 0 Å². The van der Waals surface area contributed by atoms with Crippen molar-refractivity contribution in [1.82, 2.24) is 0 Å². The number of benzene rings is 2. The van der Waals surface area contributed by atoms with Gasteiger partial charge in [0.25, 0.3) is 0 Å². The fourth-order valence-electron chi connectivity index (χ4n) is 1.86. The molecule has 1 nitrogen and oxygen atoms in total. The molecule has 78 valence electrons. The smallest absolute Gasteiger partial charge is 0.0840 e. The molecular weight excluding hydrogens is 184 g/mol. The van der Waals surface area contributed by atoms with E-state index in [0.29, 0.717) is 0 Å². The second-order valence-electron chi connectivity index (χ2n) is 4.57. The zero-order valence-corrected chi connectivity index (χ0v) is 9.41. The fraction of sp³-hybridized carbons (Fsp3) is 0.286. The summed E-state index contributed by atoms with van der Waals surface area (Å²) in [7, 11) is 0. The van der Waals surface area contributed by atoms with E-state index in [-0.39, 0.29) is 0 Å². The summed E-state index contributed by atoms with van der Waals surface area (Å²) in [5.41, 5.74) is 1.42. The quantitative estimate of drug-likeness (QED) is 0.748. The SMILES string of the molecule is Cc1cc(C(C)(C)O)cc2ccccc12. The van der Waals surface area contributed by atoms with Crippen molar-refractivity contribution >= 4 is 10.8 Å². The van der Waals surface area contributed by atoms with E-state index < -0.39 is 5.60 Å². The van der Waals surface area contributed by atoms with Crippen molar-refractivity contribution in [2.75, 3.05) is 0 Å². The van der Waals surface area contributed by atoms with Gasteiger partial charge in [-0.2, -0.15) is 0 Å². The molecule has 0 bridgehead atoms. The topological polar surface area (TPSA) is 20.2 Å². The van der Waals surface area contributed by atoms with E-state index >= 15 is 0 Å². The van der Waals surface area contributed by atoms with Crippen LogP contribution < -0.4 is 0 Å². The predicted molar refractivity (Wildman–Crippen MR) is 63.9 cm³/mol. The zero-order valence-electron chi connectivity index (χ0n) is 9.41. The number of fused-ring (bicyclic) bond motifs is 1. The highest BCUT2D eigenvalue weighted by Gasteiger charge is 2.16. The maximum atomic E-state index is 9.97. The van der Waals surface area contributed by atoms with Crippen LogP contribution in [0.5, 0.6) is 0 Å². The summed E-state index contributed by atoms with van der Waals surface area (Å²) in [4.78, 5) is 0. The van der Waals surface area contributed by atoms with Crippen LogP contribution >= 0.6 is 0 Å². The molecular formula is C14H16O. The molecule has 0 saturated carbocycles. The van der Waals surface area contributed by atoms with Gasteiger partial charge in [-0.1, -0.05) is 30.3 Å². The largest absolute Gasteiger partial charge is 0.386 e. The highest BCUT2D eigenvalue weighted by Crippen LogP contribution is 2.26. The van der Waals surface area contributed by atoms with Crippen LogP contribution in [0.4, 0.5) is 0 Å². The first-order valence-corrected chi connectivity index (χ1v) is 5.21. The molecule has 2 aromatic carbocycles. The number of aliphatic hydroxyl groups is 1. The first kappa shape index (κ1) is 10.2. The van der Waals surface area contributed by atoms with Crippen LogP contribution in [0.15, 0.2) is 36.4 Å². The minimum Gasteiger partial charge on any atom is -0.386 e. The lowest BCUT2D eigenvalue weighted by Crippen LogP contribution is -2.15. The molecule has 0 aliphatic carbocycles. The van der Waals surface area contributed by atoms with Crippen LogP contribution in [0.2, 0.25) is 0 Å². The van der Waals surface area contributed by atoms with E-state index in [1.807, 2.05) is 26.0 Å². The predicted octanol–water partition coefficient (Wildman–Crippen LogP) is 3.38. The van der Waals surface area contributed by atoms with Gasteiger partial charge in [-0.15, -0.1) is 0 Å². The third kappa shape index (κ3) is 1.88. The monoisotopic (exact) mass is 200 g/mol. The zero-order chi connectivity index (χ0) is 11.1. The Bertz CT molecular complexity index is 492. The molecule has 0 heterocycles. The maximum Gasteiger partial charge on any atom is 0.0840 e. The molecule has 1 heteroatoms. The summed E-state index contributed by atoms with van der Waals surface area (Å²) < 4.78 is 0. The highest BCUT2D eigenvalue weighted by molar-refractivity contribution is 5.86. The van der Waals surface area contributed by atoms with E-state index in [4.69, 9.17) is 0 Å². The molecule has 0 amide bonds. The second-order valence-corrected chi connectivity index (χ2v) is 4.57. The summed E-state index contributed by atoms with van der Waals surface area (Å²) in [6.07, 6.45) is 0. The first-order valence-electron chi connectivity index (χ1n) is 5.21. The lowest BCUT2D eigenvalue weighted by molar-refractivity contribution is 0.0787. The minimum absolute atomic E-state index is 0.769. The maximum absolute atomic E-state index is 9.97. The Morgan fingerprint density at radius 3 is 2.40 bits per heavy atom. The van der Waals surface area contributed by atoms with E-state index in [9.17, 15) is 5.11 Å². The second kappa shape index (κ2) is 3.35. The molecule has 0 atom stereocenters. The molecule has 15 heavy (non-hydrogen) atoms. The molecule has 0 saturated heterocycles. The van der Waals surface area contributed by atoms with Crippen molar-refractivity contribution in [3.63, 3.8) is 0 Å². The van der Waals surface area contributed by atoms with Gasteiger partial charge in [0.05, 0.1) is 5.60 Å². The molecule has 0 radical (unpaired) electrons. The molecule has 0 aromatic heterocycles. The van der Waals surface area contributed by atoms with Crippen molar-refractivity contribution in [3.05, 3.63) is 47.5 Å².